The topological polar surface area (TPSA) is 29.0 Å². The van der Waals surface area contributed by atoms with Crippen LogP contribution in [0.4, 0.5) is 0 Å². The van der Waals surface area contributed by atoms with Gasteiger partial charge in [0.25, 0.3) is 0 Å². The molecule has 1 aliphatic heterocycles. The van der Waals surface area contributed by atoms with E-state index in [-0.39, 0.29) is 0 Å². The third kappa shape index (κ3) is 2.20. The highest BCUT2D eigenvalue weighted by Gasteiger charge is 2.22. The van der Waals surface area contributed by atoms with E-state index >= 15 is 0 Å². The summed E-state index contributed by atoms with van der Waals surface area (Å²) in [7, 11) is 2.17. The highest BCUT2D eigenvalue weighted by atomic mass is 35.5. The minimum absolute atomic E-state index is 0.364. The minimum atomic E-state index is 0.364. The van der Waals surface area contributed by atoms with Crippen LogP contribution in [0, 0.1) is 0 Å². The summed E-state index contributed by atoms with van der Waals surface area (Å²) in [4.78, 5) is 11.1. The van der Waals surface area contributed by atoms with E-state index in [0.29, 0.717) is 11.2 Å². The van der Waals surface area contributed by atoms with Gasteiger partial charge in [0, 0.05) is 11.3 Å². The lowest BCUT2D eigenvalue weighted by Crippen LogP contribution is -2.29. The van der Waals surface area contributed by atoms with Crippen LogP contribution in [-0.4, -0.2) is 35.0 Å². The van der Waals surface area contributed by atoms with Gasteiger partial charge in [-0.15, -0.1) is 0 Å². The fourth-order valence-electron chi connectivity index (χ4n) is 2.66. The van der Waals surface area contributed by atoms with Crippen molar-refractivity contribution in [3.63, 3.8) is 0 Å². The van der Waals surface area contributed by atoms with Crippen molar-refractivity contribution in [2.24, 2.45) is 0 Å². The smallest absolute Gasteiger partial charge is 0.223 e. The molecule has 1 fully saturated rings. The molecule has 0 atom stereocenters. The van der Waals surface area contributed by atoms with E-state index in [1.807, 2.05) is 18.2 Å². The minimum Gasteiger partial charge on any atom is -0.306 e. The Labute approximate surface area is 112 Å². The van der Waals surface area contributed by atoms with Crippen molar-refractivity contribution in [2.75, 3.05) is 20.1 Å². The molecule has 0 spiro atoms. The lowest BCUT2D eigenvalue weighted by molar-refractivity contribution is 0.254. The monoisotopic (exact) mass is 261 g/mol. The summed E-state index contributed by atoms with van der Waals surface area (Å²) in [5.74, 6) is 0.506. The van der Waals surface area contributed by atoms with Crippen LogP contribution in [0.1, 0.15) is 24.5 Å². The van der Waals surface area contributed by atoms with Crippen LogP contribution < -0.4 is 0 Å². The Morgan fingerprint density at radius 2 is 1.89 bits per heavy atom. The van der Waals surface area contributed by atoms with E-state index in [1.54, 1.807) is 0 Å². The van der Waals surface area contributed by atoms with E-state index in [0.717, 1.165) is 42.5 Å². The molecule has 0 unspecified atom stereocenters. The van der Waals surface area contributed by atoms with Crippen LogP contribution in [0.3, 0.4) is 0 Å². The Morgan fingerprint density at radius 1 is 1.17 bits per heavy atom. The number of hydrogen-bond acceptors (Lipinski definition) is 3. The molecule has 1 aromatic carbocycles. The molecule has 1 aromatic heterocycles. The number of rotatable bonds is 1. The molecule has 0 aliphatic carbocycles. The number of aromatic nitrogens is 2. The van der Waals surface area contributed by atoms with Gasteiger partial charge in [0.2, 0.25) is 5.28 Å². The second-order valence-electron chi connectivity index (χ2n) is 4.97. The van der Waals surface area contributed by atoms with Gasteiger partial charge >= 0.3 is 0 Å². The van der Waals surface area contributed by atoms with Gasteiger partial charge in [0.1, 0.15) is 0 Å². The molecule has 18 heavy (non-hydrogen) atoms. The molecule has 0 amide bonds. The zero-order valence-corrected chi connectivity index (χ0v) is 11.2. The number of halogens is 1. The summed E-state index contributed by atoms with van der Waals surface area (Å²) < 4.78 is 0. The molecule has 4 heteroatoms. The van der Waals surface area contributed by atoms with Crippen LogP contribution in [-0.2, 0) is 0 Å². The van der Waals surface area contributed by atoms with Crippen molar-refractivity contribution in [2.45, 2.75) is 18.8 Å². The van der Waals surface area contributed by atoms with Crippen LogP contribution in [0.2, 0.25) is 5.28 Å². The first-order valence-electron chi connectivity index (χ1n) is 6.35. The molecule has 0 radical (unpaired) electrons. The predicted molar refractivity (Wildman–Crippen MR) is 74.0 cm³/mol. The quantitative estimate of drug-likeness (QED) is 0.739. The second-order valence-corrected chi connectivity index (χ2v) is 5.31. The van der Waals surface area contributed by atoms with Gasteiger partial charge in [0.15, 0.2) is 0 Å². The zero-order chi connectivity index (χ0) is 12.5. The molecule has 0 bridgehead atoms. The van der Waals surface area contributed by atoms with Crippen molar-refractivity contribution in [3.05, 3.63) is 35.2 Å². The molecule has 3 nitrogen and oxygen atoms in total. The number of benzene rings is 1. The lowest BCUT2D eigenvalue weighted by atomic mass is 9.91. The van der Waals surface area contributed by atoms with Crippen LogP contribution in [0.15, 0.2) is 24.3 Å². The SMILES string of the molecule is CN1CCC(c2nc(Cl)nc3ccccc23)CC1. The Bertz CT molecular complexity index is 562. The van der Waals surface area contributed by atoms with Crippen molar-refractivity contribution < 1.29 is 0 Å². The summed E-state index contributed by atoms with van der Waals surface area (Å²) in [6, 6.07) is 8.13. The van der Waals surface area contributed by atoms with Crippen LogP contribution in [0.25, 0.3) is 10.9 Å². The van der Waals surface area contributed by atoms with Gasteiger partial charge in [-0.25, -0.2) is 9.97 Å². The number of likely N-dealkylation sites (tertiary alicyclic amines) is 1. The third-order valence-electron chi connectivity index (χ3n) is 3.71. The Balaban J connectivity index is 2.05. The van der Waals surface area contributed by atoms with Crippen molar-refractivity contribution in [3.8, 4) is 0 Å². The lowest BCUT2D eigenvalue weighted by Gasteiger charge is -2.29. The van der Waals surface area contributed by atoms with Gasteiger partial charge < -0.3 is 4.90 Å². The van der Waals surface area contributed by atoms with E-state index in [9.17, 15) is 0 Å². The third-order valence-corrected chi connectivity index (χ3v) is 3.88. The van der Waals surface area contributed by atoms with Crippen LogP contribution >= 0.6 is 11.6 Å². The maximum atomic E-state index is 6.04. The molecular weight excluding hydrogens is 246 g/mol. The molecule has 0 saturated carbocycles. The number of hydrogen-bond donors (Lipinski definition) is 0. The summed E-state index contributed by atoms with van der Waals surface area (Å²) in [6.07, 6.45) is 2.29. The average molecular weight is 262 g/mol. The summed E-state index contributed by atoms with van der Waals surface area (Å²) >= 11 is 6.04. The molecule has 2 heterocycles. The highest BCUT2D eigenvalue weighted by molar-refractivity contribution is 6.28. The summed E-state index contributed by atoms with van der Waals surface area (Å²) in [5.41, 5.74) is 2.07. The molecule has 2 aromatic rings. The number of piperidine rings is 1. The Hall–Kier alpha value is -1.19. The van der Waals surface area contributed by atoms with Gasteiger partial charge in [-0.05, 0) is 50.6 Å². The van der Waals surface area contributed by atoms with E-state index in [1.165, 1.54) is 0 Å². The predicted octanol–water partition coefficient (Wildman–Crippen LogP) is 3.09. The molecule has 0 N–H and O–H groups in total. The van der Waals surface area contributed by atoms with E-state index < -0.39 is 0 Å². The maximum Gasteiger partial charge on any atom is 0.223 e. The first-order chi connectivity index (χ1) is 8.74. The first kappa shape index (κ1) is 11.9. The summed E-state index contributed by atoms with van der Waals surface area (Å²) in [5, 5.41) is 1.51. The zero-order valence-electron chi connectivity index (χ0n) is 10.4. The van der Waals surface area contributed by atoms with Crippen molar-refractivity contribution in [1.82, 2.24) is 14.9 Å². The average Bonchev–Trinajstić information content (AvgIpc) is 2.38. The van der Waals surface area contributed by atoms with E-state index in [2.05, 4.69) is 28.0 Å². The highest BCUT2D eigenvalue weighted by Crippen LogP contribution is 2.31. The molecule has 3 rings (SSSR count). The standard InChI is InChI=1S/C14H16ClN3/c1-18-8-6-10(7-9-18)13-11-4-2-3-5-12(11)16-14(15)17-13/h2-5,10H,6-9H2,1H3. The fourth-order valence-corrected chi connectivity index (χ4v) is 2.85. The Kier molecular flexibility index (Phi) is 3.18. The van der Waals surface area contributed by atoms with Crippen LogP contribution in [0.5, 0.6) is 0 Å². The van der Waals surface area contributed by atoms with Gasteiger partial charge in [-0.1, -0.05) is 18.2 Å². The van der Waals surface area contributed by atoms with Gasteiger partial charge in [0.05, 0.1) is 11.2 Å². The molecule has 1 saturated heterocycles. The van der Waals surface area contributed by atoms with E-state index in [4.69, 9.17) is 11.6 Å². The Morgan fingerprint density at radius 3 is 2.67 bits per heavy atom. The van der Waals surface area contributed by atoms with Crippen molar-refractivity contribution >= 4 is 22.5 Å². The van der Waals surface area contributed by atoms with Gasteiger partial charge in [-0.2, -0.15) is 0 Å². The molecular formula is C14H16ClN3. The first-order valence-corrected chi connectivity index (χ1v) is 6.72. The number of nitrogens with zero attached hydrogens (tertiary/aromatic N) is 3. The fraction of sp³-hybridized carbons (Fsp3) is 0.429. The largest absolute Gasteiger partial charge is 0.306 e. The second kappa shape index (κ2) is 4.82. The number of fused-ring (bicyclic) bond motifs is 1. The van der Waals surface area contributed by atoms with Crippen molar-refractivity contribution in [1.29, 1.82) is 0 Å². The maximum absolute atomic E-state index is 6.04. The molecule has 94 valence electrons. The molecule has 1 aliphatic rings. The summed E-state index contributed by atoms with van der Waals surface area (Å²) in [6.45, 7) is 2.25. The van der Waals surface area contributed by atoms with Gasteiger partial charge in [-0.3, -0.25) is 0 Å². The number of para-hydroxylation sites is 1. The normalized spacial score (nSPS) is 18.3.